The lowest BCUT2D eigenvalue weighted by Crippen LogP contribution is -2.12. The van der Waals surface area contributed by atoms with Gasteiger partial charge in [-0.25, -0.2) is 4.98 Å². The number of carbonyl (C=O) groups is 2. The summed E-state index contributed by atoms with van der Waals surface area (Å²) < 4.78 is 10.8. The fraction of sp³-hybridized carbons (Fsp3) is 0.227. The van der Waals surface area contributed by atoms with Gasteiger partial charge in [-0.3, -0.25) is 9.59 Å². The maximum atomic E-state index is 12.2. The summed E-state index contributed by atoms with van der Waals surface area (Å²) in [4.78, 5) is 27.9. The molecule has 1 amide bonds. The molecule has 0 saturated carbocycles. The summed E-state index contributed by atoms with van der Waals surface area (Å²) in [6.45, 7) is 1.92. The Kier molecular flexibility index (Phi) is 7.43. The lowest BCUT2D eigenvalue weighted by molar-refractivity contribution is -0.116. The van der Waals surface area contributed by atoms with Gasteiger partial charge >= 0.3 is 0 Å². The standard InChI is InChI=1S/C22H21ClN2O4S/c1-14(26)15-5-8-17(9-6-15)29-11-3-4-21(27)25-22-24-19(13-30-22)16-7-10-20(28-2)18(23)12-16/h5-10,12-13H,3-4,11H2,1-2H3,(H,24,25,27). The molecule has 0 unspecified atom stereocenters. The van der Waals surface area contributed by atoms with E-state index in [9.17, 15) is 9.59 Å². The molecule has 0 aliphatic carbocycles. The van der Waals surface area contributed by atoms with Crippen LogP contribution in [-0.2, 0) is 4.79 Å². The third kappa shape index (κ3) is 5.81. The van der Waals surface area contributed by atoms with Crippen LogP contribution < -0.4 is 14.8 Å². The smallest absolute Gasteiger partial charge is 0.226 e. The molecule has 8 heteroatoms. The first kappa shape index (κ1) is 21.8. The van der Waals surface area contributed by atoms with Gasteiger partial charge in [-0.15, -0.1) is 11.3 Å². The summed E-state index contributed by atoms with van der Waals surface area (Å²) in [5.41, 5.74) is 2.22. The number of methoxy groups -OCH3 is 1. The summed E-state index contributed by atoms with van der Waals surface area (Å²) in [5.74, 6) is 1.15. The number of Topliss-reactive ketones (excluding diaryl/α,β-unsaturated/α-hetero) is 1. The second-order valence-corrected chi connectivity index (χ2v) is 7.73. The Morgan fingerprint density at radius 3 is 2.60 bits per heavy atom. The number of nitrogens with zero attached hydrogens (tertiary/aromatic N) is 1. The quantitative estimate of drug-likeness (QED) is 0.349. The van der Waals surface area contributed by atoms with E-state index in [1.807, 2.05) is 11.4 Å². The number of ether oxygens (including phenoxy) is 2. The Morgan fingerprint density at radius 1 is 1.17 bits per heavy atom. The van der Waals surface area contributed by atoms with Crippen LogP contribution >= 0.6 is 22.9 Å². The van der Waals surface area contributed by atoms with Crippen molar-refractivity contribution in [2.45, 2.75) is 19.8 Å². The van der Waals surface area contributed by atoms with Crippen molar-refractivity contribution in [1.29, 1.82) is 0 Å². The molecule has 1 heterocycles. The molecule has 1 aromatic heterocycles. The summed E-state index contributed by atoms with van der Waals surface area (Å²) >= 11 is 7.51. The molecule has 30 heavy (non-hydrogen) atoms. The number of hydrogen-bond donors (Lipinski definition) is 1. The molecule has 0 aliphatic rings. The number of benzene rings is 2. The largest absolute Gasteiger partial charge is 0.495 e. The molecule has 0 atom stereocenters. The number of hydrogen-bond acceptors (Lipinski definition) is 6. The van der Waals surface area contributed by atoms with Crippen molar-refractivity contribution < 1.29 is 19.1 Å². The third-order valence-electron chi connectivity index (χ3n) is 4.28. The van der Waals surface area contributed by atoms with Crippen LogP contribution in [0.5, 0.6) is 11.5 Å². The highest BCUT2D eigenvalue weighted by molar-refractivity contribution is 7.14. The second-order valence-electron chi connectivity index (χ2n) is 6.47. The topological polar surface area (TPSA) is 77.5 Å². The zero-order valence-electron chi connectivity index (χ0n) is 16.6. The van der Waals surface area contributed by atoms with Crippen molar-refractivity contribution in [2.75, 3.05) is 19.0 Å². The first-order valence-electron chi connectivity index (χ1n) is 9.29. The summed E-state index contributed by atoms with van der Waals surface area (Å²) in [6.07, 6.45) is 0.876. The number of halogens is 1. The molecule has 0 fully saturated rings. The number of carbonyl (C=O) groups excluding carboxylic acids is 2. The molecule has 0 saturated heterocycles. The van der Waals surface area contributed by atoms with Gasteiger partial charge in [0.1, 0.15) is 11.5 Å². The first-order chi connectivity index (χ1) is 14.5. The van der Waals surface area contributed by atoms with Gasteiger partial charge in [-0.2, -0.15) is 0 Å². The highest BCUT2D eigenvalue weighted by Gasteiger charge is 2.10. The number of ketones is 1. The molecular weight excluding hydrogens is 424 g/mol. The van der Waals surface area contributed by atoms with Crippen LogP contribution in [0.1, 0.15) is 30.1 Å². The van der Waals surface area contributed by atoms with Gasteiger partial charge in [0.15, 0.2) is 10.9 Å². The fourth-order valence-corrected chi connectivity index (χ4v) is 3.67. The highest BCUT2D eigenvalue weighted by Crippen LogP contribution is 2.31. The van der Waals surface area contributed by atoms with Crippen LogP contribution in [0.2, 0.25) is 5.02 Å². The van der Waals surface area contributed by atoms with E-state index in [2.05, 4.69) is 10.3 Å². The van der Waals surface area contributed by atoms with Gasteiger partial charge in [0.05, 0.1) is 24.4 Å². The summed E-state index contributed by atoms with van der Waals surface area (Å²) in [5, 5.41) is 5.70. The molecule has 3 aromatic rings. The van der Waals surface area contributed by atoms with E-state index in [0.717, 1.165) is 11.3 Å². The van der Waals surface area contributed by atoms with Gasteiger partial charge in [-0.05, 0) is 55.8 Å². The number of amides is 1. The van der Waals surface area contributed by atoms with E-state index in [1.54, 1.807) is 43.5 Å². The van der Waals surface area contributed by atoms with Gasteiger partial charge in [0.25, 0.3) is 0 Å². The average molecular weight is 445 g/mol. The van der Waals surface area contributed by atoms with Crippen LogP contribution in [0.15, 0.2) is 47.8 Å². The molecular formula is C22H21ClN2O4S. The van der Waals surface area contributed by atoms with Crippen molar-refractivity contribution in [3.05, 3.63) is 58.4 Å². The molecule has 0 bridgehead atoms. The van der Waals surface area contributed by atoms with Gasteiger partial charge < -0.3 is 14.8 Å². The van der Waals surface area contributed by atoms with Gasteiger partial charge in [0, 0.05) is 22.9 Å². The van der Waals surface area contributed by atoms with Crippen molar-refractivity contribution in [3.63, 3.8) is 0 Å². The molecule has 1 N–H and O–H groups in total. The zero-order valence-corrected chi connectivity index (χ0v) is 18.2. The Labute approximate surface area is 183 Å². The second kappa shape index (κ2) is 10.2. The molecule has 2 aromatic carbocycles. The molecule has 0 radical (unpaired) electrons. The minimum absolute atomic E-state index is 0.0126. The molecule has 0 spiro atoms. The molecule has 3 rings (SSSR count). The Morgan fingerprint density at radius 2 is 1.93 bits per heavy atom. The SMILES string of the molecule is COc1ccc(-c2csc(NC(=O)CCCOc3ccc(C(C)=O)cc3)n2)cc1Cl. The predicted octanol–water partition coefficient (Wildman–Crippen LogP) is 5.47. The zero-order chi connectivity index (χ0) is 21.5. The summed E-state index contributed by atoms with van der Waals surface area (Å²) in [6, 6.07) is 12.4. The maximum Gasteiger partial charge on any atom is 0.226 e. The van der Waals surface area contributed by atoms with Crippen molar-refractivity contribution in [3.8, 4) is 22.8 Å². The molecule has 6 nitrogen and oxygen atoms in total. The van der Waals surface area contributed by atoms with Crippen LogP contribution in [0.25, 0.3) is 11.3 Å². The molecule has 0 aliphatic heterocycles. The van der Waals surface area contributed by atoms with Crippen molar-refractivity contribution in [2.24, 2.45) is 0 Å². The normalized spacial score (nSPS) is 10.5. The number of anilines is 1. The predicted molar refractivity (Wildman–Crippen MR) is 119 cm³/mol. The van der Waals surface area contributed by atoms with E-state index in [4.69, 9.17) is 21.1 Å². The maximum absolute atomic E-state index is 12.2. The van der Waals surface area contributed by atoms with Crippen molar-refractivity contribution in [1.82, 2.24) is 4.98 Å². The summed E-state index contributed by atoms with van der Waals surface area (Å²) in [7, 11) is 1.56. The van der Waals surface area contributed by atoms with E-state index in [-0.39, 0.29) is 11.7 Å². The van der Waals surface area contributed by atoms with Crippen LogP contribution in [0.4, 0.5) is 5.13 Å². The Hall–Kier alpha value is -2.90. The number of nitrogens with one attached hydrogen (secondary N) is 1. The lowest BCUT2D eigenvalue weighted by Gasteiger charge is -2.06. The number of thiazole rings is 1. The average Bonchev–Trinajstić information content (AvgIpc) is 3.20. The first-order valence-corrected chi connectivity index (χ1v) is 10.5. The van der Waals surface area contributed by atoms with Crippen LogP contribution in [0, 0.1) is 0 Å². The Balaban J connectivity index is 1.45. The van der Waals surface area contributed by atoms with E-state index in [1.165, 1.54) is 18.3 Å². The van der Waals surface area contributed by atoms with E-state index >= 15 is 0 Å². The van der Waals surface area contributed by atoms with Gasteiger partial charge in [-0.1, -0.05) is 11.6 Å². The lowest BCUT2D eigenvalue weighted by atomic mass is 10.1. The van der Waals surface area contributed by atoms with Crippen molar-refractivity contribution >= 4 is 39.8 Å². The third-order valence-corrected chi connectivity index (χ3v) is 5.33. The van der Waals surface area contributed by atoms with E-state index < -0.39 is 0 Å². The fourth-order valence-electron chi connectivity index (χ4n) is 2.68. The van der Waals surface area contributed by atoms with Crippen LogP contribution in [0.3, 0.4) is 0 Å². The number of rotatable bonds is 9. The van der Waals surface area contributed by atoms with E-state index in [0.29, 0.717) is 46.7 Å². The van der Waals surface area contributed by atoms with Gasteiger partial charge in [0.2, 0.25) is 5.91 Å². The minimum Gasteiger partial charge on any atom is -0.495 e. The van der Waals surface area contributed by atoms with Crippen LogP contribution in [-0.4, -0.2) is 30.4 Å². The highest BCUT2D eigenvalue weighted by atomic mass is 35.5. The number of aromatic nitrogens is 1. The monoisotopic (exact) mass is 444 g/mol. The molecule has 156 valence electrons. The minimum atomic E-state index is -0.126. The Bertz CT molecular complexity index is 1030.